The van der Waals surface area contributed by atoms with Gasteiger partial charge < -0.3 is 25.2 Å². The molecule has 3 aliphatic carbocycles. The summed E-state index contributed by atoms with van der Waals surface area (Å²) in [5.74, 6) is -0.144. The van der Waals surface area contributed by atoms with Crippen LogP contribution in [-0.4, -0.2) is 71.5 Å². The molecule has 5 rings (SSSR count). The molecular weight excluding hydrogens is 552 g/mol. The molecule has 3 N–H and O–H groups in total. The number of fused-ring (bicyclic) bond motifs is 8. The molecule has 0 heterocycles. The number of hydrogen-bond acceptors (Lipinski definition) is 5. The number of nitrogens with zero attached hydrogens (tertiary/aromatic N) is 1. The second kappa shape index (κ2) is 14.9. The molecule has 0 spiro atoms. The summed E-state index contributed by atoms with van der Waals surface area (Å²) in [4.78, 5) is 29.2. The molecule has 240 valence electrons. The van der Waals surface area contributed by atoms with E-state index in [0.29, 0.717) is 62.8 Å². The Labute approximate surface area is 263 Å². The minimum Gasteiger partial charge on any atom is -0.393 e. The van der Waals surface area contributed by atoms with E-state index in [9.17, 15) is 19.8 Å². The van der Waals surface area contributed by atoms with Crippen molar-refractivity contribution < 1.29 is 24.5 Å². The van der Waals surface area contributed by atoms with Gasteiger partial charge in [-0.3, -0.25) is 4.79 Å². The maximum absolute atomic E-state index is 14.1. The Bertz CT molecular complexity index is 1310. The third-order valence-corrected chi connectivity index (χ3v) is 9.88. The van der Waals surface area contributed by atoms with Crippen LogP contribution in [0.3, 0.4) is 0 Å². The first kappa shape index (κ1) is 33.9. The standard InChI is InChI=1S/C37H52N2O5/c1-26(2)38-35(42)39(21-10-22-44-5)25-37(43)20-18-33-31-17-15-28(24-32(31)34(41)29-12-7-6-8-13-29)23-30(40)16-14-27(3)11-9-19-36(33,37)4/h6-8,11-13,15,17,24,26,30,33,40,43H,9-10,14,16,18-23,25H2,1-5H3,(H,38,42)/t30-,33-,36-,37+/m0/s1. The van der Waals surface area contributed by atoms with E-state index in [-0.39, 0.29) is 30.3 Å². The van der Waals surface area contributed by atoms with E-state index in [0.717, 1.165) is 24.0 Å². The molecule has 2 amide bonds. The van der Waals surface area contributed by atoms with Gasteiger partial charge in [-0.15, -0.1) is 0 Å². The third-order valence-electron chi connectivity index (χ3n) is 9.88. The van der Waals surface area contributed by atoms with Crippen LogP contribution in [0.25, 0.3) is 0 Å². The molecule has 1 fully saturated rings. The Morgan fingerprint density at radius 1 is 1.11 bits per heavy atom. The van der Waals surface area contributed by atoms with Crippen molar-refractivity contribution in [1.29, 1.82) is 0 Å². The molecule has 1 saturated carbocycles. The molecule has 0 radical (unpaired) electrons. The van der Waals surface area contributed by atoms with Crippen molar-refractivity contribution in [3.63, 3.8) is 0 Å². The number of allylic oxidation sites excluding steroid dienone is 2. The predicted octanol–water partition coefficient (Wildman–Crippen LogP) is 6.41. The molecule has 4 atom stereocenters. The van der Waals surface area contributed by atoms with Gasteiger partial charge in [0.25, 0.3) is 0 Å². The molecule has 44 heavy (non-hydrogen) atoms. The number of carbonyl (C=O) groups is 2. The molecule has 7 heteroatoms. The number of carbonyl (C=O) groups excluding carboxylic acids is 2. The summed E-state index contributed by atoms with van der Waals surface area (Å²) in [6.45, 7) is 9.35. The van der Waals surface area contributed by atoms with Gasteiger partial charge in [0.1, 0.15) is 0 Å². The van der Waals surface area contributed by atoms with Crippen LogP contribution in [0.15, 0.2) is 60.2 Å². The fourth-order valence-corrected chi connectivity index (χ4v) is 7.25. The van der Waals surface area contributed by atoms with Gasteiger partial charge in [0.15, 0.2) is 5.78 Å². The predicted molar refractivity (Wildman–Crippen MR) is 175 cm³/mol. The van der Waals surface area contributed by atoms with E-state index in [2.05, 4.69) is 31.3 Å². The summed E-state index contributed by atoms with van der Waals surface area (Å²) in [5, 5.41) is 26.5. The van der Waals surface area contributed by atoms with Crippen molar-refractivity contribution in [2.45, 2.75) is 103 Å². The van der Waals surface area contributed by atoms with Crippen LogP contribution >= 0.6 is 0 Å². The molecule has 2 aromatic carbocycles. The van der Waals surface area contributed by atoms with Crippen molar-refractivity contribution in [3.8, 4) is 0 Å². The Hall–Kier alpha value is -3.00. The van der Waals surface area contributed by atoms with Crippen LogP contribution in [0, 0.1) is 5.41 Å². The number of nitrogens with one attached hydrogen (secondary N) is 1. The van der Waals surface area contributed by atoms with E-state index in [1.54, 1.807) is 12.0 Å². The number of rotatable bonds is 9. The second-order valence-electron chi connectivity index (χ2n) is 13.5. The second-order valence-corrected chi connectivity index (χ2v) is 13.5. The first-order chi connectivity index (χ1) is 21.0. The lowest BCUT2D eigenvalue weighted by atomic mass is 9.64. The molecule has 0 saturated heterocycles. The monoisotopic (exact) mass is 604 g/mol. The highest BCUT2D eigenvalue weighted by molar-refractivity contribution is 6.10. The van der Waals surface area contributed by atoms with Gasteiger partial charge in [-0.05, 0) is 95.2 Å². The molecule has 0 aliphatic heterocycles. The number of hydrogen-bond donors (Lipinski definition) is 3. The van der Waals surface area contributed by atoms with Gasteiger partial charge in [-0.2, -0.15) is 0 Å². The lowest BCUT2D eigenvalue weighted by Crippen LogP contribution is -2.56. The lowest BCUT2D eigenvalue weighted by Gasteiger charge is -2.46. The van der Waals surface area contributed by atoms with E-state index in [1.807, 2.05) is 56.3 Å². The van der Waals surface area contributed by atoms with Crippen molar-refractivity contribution in [2.24, 2.45) is 5.41 Å². The Kier molecular flexibility index (Phi) is 11.4. The van der Waals surface area contributed by atoms with Gasteiger partial charge in [0, 0.05) is 42.8 Å². The Morgan fingerprint density at radius 2 is 1.86 bits per heavy atom. The van der Waals surface area contributed by atoms with Crippen molar-refractivity contribution in [3.05, 3.63) is 82.4 Å². The number of ketones is 1. The maximum Gasteiger partial charge on any atom is 0.317 e. The molecule has 2 aromatic rings. The fourth-order valence-electron chi connectivity index (χ4n) is 7.25. The van der Waals surface area contributed by atoms with Gasteiger partial charge >= 0.3 is 6.03 Å². The van der Waals surface area contributed by atoms with E-state index in [4.69, 9.17) is 4.74 Å². The molecular formula is C37H52N2O5. The van der Waals surface area contributed by atoms with Gasteiger partial charge in [0.05, 0.1) is 18.2 Å². The van der Waals surface area contributed by atoms with Gasteiger partial charge in [-0.1, -0.05) is 61.0 Å². The number of aliphatic hydroxyl groups is 2. The van der Waals surface area contributed by atoms with E-state index in [1.165, 1.54) is 5.57 Å². The average molecular weight is 605 g/mol. The zero-order valence-corrected chi connectivity index (χ0v) is 27.3. The highest BCUT2D eigenvalue weighted by Crippen LogP contribution is 2.58. The average Bonchev–Trinajstić information content (AvgIpc) is 3.24. The third kappa shape index (κ3) is 7.79. The number of urea groups is 1. The van der Waals surface area contributed by atoms with Crippen molar-refractivity contribution in [1.82, 2.24) is 10.2 Å². The number of methoxy groups -OCH3 is 1. The first-order valence-corrected chi connectivity index (χ1v) is 16.3. The number of ether oxygens (including phenoxy) is 1. The molecule has 3 aliphatic rings. The van der Waals surface area contributed by atoms with Crippen LogP contribution in [-0.2, 0) is 11.2 Å². The van der Waals surface area contributed by atoms with E-state index < -0.39 is 17.1 Å². The van der Waals surface area contributed by atoms with Crippen LogP contribution < -0.4 is 5.32 Å². The van der Waals surface area contributed by atoms with E-state index >= 15 is 0 Å². The molecule has 7 nitrogen and oxygen atoms in total. The molecule has 2 bridgehead atoms. The minimum absolute atomic E-state index is 0.0277. The maximum atomic E-state index is 14.1. The van der Waals surface area contributed by atoms with Crippen LogP contribution in [0.5, 0.6) is 0 Å². The summed E-state index contributed by atoms with van der Waals surface area (Å²) in [6.07, 6.45) is 7.02. The Balaban J connectivity index is 1.80. The zero-order valence-electron chi connectivity index (χ0n) is 27.3. The van der Waals surface area contributed by atoms with Gasteiger partial charge in [-0.25, -0.2) is 4.79 Å². The number of benzene rings is 2. The normalized spacial score (nSPS) is 25.7. The number of amides is 2. The Morgan fingerprint density at radius 3 is 2.57 bits per heavy atom. The number of aliphatic hydroxyl groups excluding tert-OH is 1. The van der Waals surface area contributed by atoms with Crippen LogP contribution in [0.4, 0.5) is 4.79 Å². The summed E-state index contributed by atoms with van der Waals surface area (Å²) < 4.78 is 5.28. The molecule has 0 unspecified atom stereocenters. The first-order valence-electron chi connectivity index (χ1n) is 16.3. The summed E-state index contributed by atoms with van der Waals surface area (Å²) in [5.41, 5.74) is 2.58. The highest BCUT2D eigenvalue weighted by atomic mass is 16.5. The SMILES string of the molecule is COCCCN(C[C@]1(O)CC[C@H]2c3ccc(cc3C(=O)c3ccccc3)C[C@@H](O)CCC(C)=CCC[C@@]21C)C(=O)NC(C)C. The largest absolute Gasteiger partial charge is 0.393 e. The lowest BCUT2D eigenvalue weighted by molar-refractivity contribution is -0.0775. The summed E-state index contributed by atoms with van der Waals surface area (Å²) in [7, 11) is 1.65. The molecule has 0 aromatic heterocycles. The minimum atomic E-state index is -1.17. The summed E-state index contributed by atoms with van der Waals surface area (Å²) >= 11 is 0. The van der Waals surface area contributed by atoms with Gasteiger partial charge in [0.2, 0.25) is 0 Å². The quantitative estimate of drug-likeness (QED) is 0.175. The van der Waals surface area contributed by atoms with Crippen LogP contribution in [0.1, 0.15) is 106 Å². The van der Waals surface area contributed by atoms with Crippen molar-refractivity contribution >= 4 is 11.8 Å². The fraction of sp³-hybridized carbons (Fsp3) is 0.568. The van der Waals surface area contributed by atoms with Crippen molar-refractivity contribution in [2.75, 3.05) is 26.8 Å². The topological polar surface area (TPSA) is 99.1 Å². The van der Waals surface area contributed by atoms with Crippen LogP contribution in [0.2, 0.25) is 0 Å². The summed E-state index contributed by atoms with van der Waals surface area (Å²) in [6, 6.07) is 15.2. The smallest absolute Gasteiger partial charge is 0.317 e. The zero-order chi connectivity index (χ0) is 31.9. The highest BCUT2D eigenvalue weighted by Gasteiger charge is 2.57.